The van der Waals surface area contributed by atoms with Crippen LogP contribution < -0.4 is 4.74 Å². The highest BCUT2D eigenvalue weighted by Gasteiger charge is 2.07. The van der Waals surface area contributed by atoms with Gasteiger partial charge in [-0.25, -0.2) is 4.98 Å². The third-order valence-electron chi connectivity index (χ3n) is 2.51. The van der Waals surface area contributed by atoms with Crippen molar-refractivity contribution in [1.82, 2.24) is 4.98 Å². The lowest BCUT2D eigenvalue weighted by molar-refractivity contribution is 0.462. The molecule has 0 unspecified atom stereocenters. The number of pyridine rings is 1. The number of benzene rings is 1. The molecule has 0 bridgehead atoms. The van der Waals surface area contributed by atoms with E-state index in [4.69, 9.17) is 16.3 Å². The molecule has 1 aromatic carbocycles. The van der Waals surface area contributed by atoms with Crippen molar-refractivity contribution < 1.29 is 4.74 Å². The molecule has 0 aliphatic rings. The second-order valence-corrected chi connectivity index (χ2v) is 5.59. The van der Waals surface area contributed by atoms with Crippen LogP contribution in [0.4, 0.5) is 0 Å². The molecule has 0 radical (unpaired) electrons. The molecule has 1 heterocycles. The molecule has 0 saturated carbocycles. The molecule has 0 fully saturated rings. The van der Waals surface area contributed by atoms with Crippen LogP contribution in [0.5, 0.6) is 11.6 Å². The molecule has 0 aliphatic heterocycles. The minimum atomic E-state index is 0.417. The highest BCUT2D eigenvalue weighted by molar-refractivity contribution is 9.10. The van der Waals surface area contributed by atoms with Crippen molar-refractivity contribution in [2.75, 3.05) is 0 Å². The maximum absolute atomic E-state index is 6.06. The number of halogens is 2. The summed E-state index contributed by atoms with van der Waals surface area (Å²) in [6, 6.07) is 9.71. The van der Waals surface area contributed by atoms with E-state index in [1.165, 1.54) is 5.56 Å². The number of rotatable bonds is 3. The molecule has 0 amide bonds. The smallest absolute Gasteiger partial charge is 0.238 e. The Bertz CT molecular complexity index is 557. The molecule has 1 aromatic heterocycles. The Hall–Kier alpha value is -1.06. The number of hydrogen-bond donors (Lipinski definition) is 0. The van der Waals surface area contributed by atoms with Crippen LogP contribution >= 0.6 is 27.5 Å². The number of nitrogens with zero attached hydrogens (tertiary/aromatic N) is 1. The van der Waals surface area contributed by atoms with Crippen LogP contribution in [0.1, 0.15) is 25.3 Å². The minimum Gasteiger partial charge on any atom is -0.438 e. The van der Waals surface area contributed by atoms with Crippen molar-refractivity contribution in [3.05, 3.63) is 51.6 Å². The van der Waals surface area contributed by atoms with Gasteiger partial charge in [0.1, 0.15) is 10.8 Å². The predicted molar refractivity (Wildman–Crippen MR) is 77.6 cm³/mol. The van der Waals surface area contributed by atoms with Gasteiger partial charge < -0.3 is 4.74 Å². The van der Waals surface area contributed by atoms with Crippen molar-refractivity contribution in [2.45, 2.75) is 19.8 Å². The van der Waals surface area contributed by atoms with Gasteiger partial charge in [0, 0.05) is 10.7 Å². The van der Waals surface area contributed by atoms with Crippen LogP contribution in [0.3, 0.4) is 0 Å². The third kappa shape index (κ3) is 3.24. The molecule has 0 spiro atoms. The SMILES string of the molecule is CC(C)c1cccc(Oc2ncc(Br)cc2Cl)c1. The van der Waals surface area contributed by atoms with Gasteiger partial charge in [0.25, 0.3) is 0 Å². The first-order valence-electron chi connectivity index (χ1n) is 5.65. The Labute approximate surface area is 120 Å². The third-order valence-corrected chi connectivity index (χ3v) is 3.22. The molecule has 0 atom stereocenters. The normalized spacial score (nSPS) is 10.7. The summed E-state index contributed by atoms with van der Waals surface area (Å²) in [6.45, 7) is 4.29. The first-order chi connectivity index (χ1) is 8.56. The van der Waals surface area contributed by atoms with Crippen LogP contribution in [-0.2, 0) is 0 Å². The maximum Gasteiger partial charge on any atom is 0.238 e. The van der Waals surface area contributed by atoms with Gasteiger partial charge in [-0.1, -0.05) is 37.6 Å². The second kappa shape index (κ2) is 5.72. The maximum atomic E-state index is 6.06. The molecule has 4 heteroatoms. The Kier molecular flexibility index (Phi) is 4.25. The average molecular weight is 327 g/mol. The van der Waals surface area contributed by atoms with E-state index in [-0.39, 0.29) is 0 Å². The standard InChI is InChI=1S/C14H13BrClNO/c1-9(2)10-4-3-5-12(6-10)18-14-13(16)7-11(15)8-17-14/h3-9H,1-2H3. The second-order valence-electron chi connectivity index (χ2n) is 4.27. The van der Waals surface area contributed by atoms with E-state index >= 15 is 0 Å². The molecule has 2 nitrogen and oxygen atoms in total. The topological polar surface area (TPSA) is 22.1 Å². The lowest BCUT2D eigenvalue weighted by Crippen LogP contribution is -1.91. The van der Waals surface area contributed by atoms with Gasteiger partial charge in [-0.3, -0.25) is 0 Å². The van der Waals surface area contributed by atoms with Crippen LogP contribution in [0.2, 0.25) is 5.02 Å². The van der Waals surface area contributed by atoms with E-state index in [2.05, 4.69) is 40.8 Å². The zero-order chi connectivity index (χ0) is 13.1. The van der Waals surface area contributed by atoms with Gasteiger partial charge in [0.15, 0.2) is 0 Å². The Morgan fingerprint density at radius 3 is 2.72 bits per heavy atom. The van der Waals surface area contributed by atoms with E-state index < -0.39 is 0 Å². The summed E-state index contributed by atoms with van der Waals surface area (Å²) in [5.74, 6) is 1.63. The largest absolute Gasteiger partial charge is 0.438 e. The van der Waals surface area contributed by atoms with Crippen molar-refractivity contribution in [3.63, 3.8) is 0 Å². The first kappa shape index (κ1) is 13.4. The molecule has 2 aromatic rings. The zero-order valence-corrected chi connectivity index (χ0v) is 12.5. The Balaban J connectivity index is 2.25. The van der Waals surface area contributed by atoms with Crippen LogP contribution in [-0.4, -0.2) is 4.98 Å². The molecular weight excluding hydrogens is 314 g/mol. The van der Waals surface area contributed by atoms with Gasteiger partial charge in [0.2, 0.25) is 5.88 Å². The highest BCUT2D eigenvalue weighted by Crippen LogP contribution is 2.30. The molecule has 2 rings (SSSR count). The van der Waals surface area contributed by atoms with E-state index in [9.17, 15) is 0 Å². The number of aromatic nitrogens is 1. The van der Waals surface area contributed by atoms with Gasteiger partial charge in [-0.2, -0.15) is 0 Å². The van der Waals surface area contributed by atoms with Crippen molar-refractivity contribution in [2.24, 2.45) is 0 Å². The lowest BCUT2D eigenvalue weighted by atomic mass is 10.0. The number of hydrogen-bond acceptors (Lipinski definition) is 2. The quantitative estimate of drug-likeness (QED) is 0.752. The molecular formula is C14H13BrClNO. The van der Waals surface area contributed by atoms with Gasteiger partial charge in [-0.15, -0.1) is 0 Å². The fraction of sp³-hybridized carbons (Fsp3) is 0.214. The first-order valence-corrected chi connectivity index (χ1v) is 6.82. The Morgan fingerprint density at radius 1 is 1.28 bits per heavy atom. The summed E-state index contributed by atoms with van der Waals surface area (Å²) in [4.78, 5) is 4.15. The lowest BCUT2D eigenvalue weighted by Gasteiger charge is -2.10. The summed E-state index contributed by atoms with van der Waals surface area (Å²) < 4.78 is 6.52. The van der Waals surface area contributed by atoms with E-state index in [0.717, 1.165) is 10.2 Å². The Morgan fingerprint density at radius 2 is 2.06 bits per heavy atom. The van der Waals surface area contributed by atoms with Gasteiger partial charge in [0.05, 0.1) is 0 Å². The zero-order valence-electron chi connectivity index (χ0n) is 10.2. The summed E-state index contributed by atoms with van der Waals surface area (Å²) in [6.07, 6.45) is 1.66. The summed E-state index contributed by atoms with van der Waals surface area (Å²) >= 11 is 9.37. The fourth-order valence-corrected chi connectivity index (χ4v) is 2.19. The number of ether oxygens (including phenoxy) is 1. The van der Waals surface area contributed by atoms with Crippen molar-refractivity contribution in [3.8, 4) is 11.6 Å². The molecule has 94 valence electrons. The summed E-state index contributed by atoms with van der Waals surface area (Å²) in [7, 11) is 0. The monoisotopic (exact) mass is 325 g/mol. The highest BCUT2D eigenvalue weighted by atomic mass is 79.9. The summed E-state index contributed by atoms with van der Waals surface area (Å²) in [5.41, 5.74) is 1.22. The molecule has 0 saturated heterocycles. The van der Waals surface area contributed by atoms with E-state index in [0.29, 0.717) is 16.8 Å². The van der Waals surface area contributed by atoms with Gasteiger partial charge in [-0.05, 0) is 45.6 Å². The molecule has 0 aliphatic carbocycles. The predicted octanol–water partition coefficient (Wildman–Crippen LogP) is 5.41. The van der Waals surface area contributed by atoms with Crippen LogP contribution in [0.15, 0.2) is 41.0 Å². The fourth-order valence-electron chi connectivity index (χ4n) is 1.53. The van der Waals surface area contributed by atoms with Crippen LogP contribution in [0.25, 0.3) is 0 Å². The van der Waals surface area contributed by atoms with E-state index in [1.807, 2.05) is 18.2 Å². The average Bonchev–Trinajstić information content (AvgIpc) is 2.33. The van der Waals surface area contributed by atoms with Crippen molar-refractivity contribution >= 4 is 27.5 Å². The molecule has 18 heavy (non-hydrogen) atoms. The van der Waals surface area contributed by atoms with Crippen molar-refractivity contribution in [1.29, 1.82) is 0 Å². The van der Waals surface area contributed by atoms with Gasteiger partial charge >= 0.3 is 0 Å². The van der Waals surface area contributed by atoms with Crippen LogP contribution in [0, 0.1) is 0 Å². The summed E-state index contributed by atoms with van der Waals surface area (Å²) in [5, 5.41) is 0.485. The molecule has 0 N–H and O–H groups in total. The minimum absolute atomic E-state index is 0.417. The van der Waals surface area contributed by atoms with E-state index in [1.54, 1.807) is 12.3 Å².